The van der Waals surface area contributed by atoms with E-state index in [2.05, 4.69) is 34.6 Å². The third kappa shape index (κ3) is 5.52. The monoisotopic (exact) mass is 395 g/mol. The van der Waals surface area contributed by atoms with Gasteiger partial charge in [-0.05, 0) is 29.6 Å². The SMILES string of the molecule is CC1C(C)C(C)C(C)C1C.[CH3-].[CH3-].[CH3-].[CH3-].[Pt+4]. The standard InChI is InChI=1S/C10H20.4CH3.Pt/c1-6-7(2)9(4)10(5)8(6)3;;;;;/h6-10H,1-5H3;4*1H3;/q;4*-1;+4. The van der Waals surface area contributed by atoms with Gasteiger partial charge in [-0.2, -0.15) is 0 Å². The largest absolute Gasteiger partial charge is 4.00 e. The van der Waals surface area contributed by atoms with Crippen LogP contribution >= 0.6 is 0 Å². The smallest absolute Gasteiger partial charge is 0.358 e. The van der Waals surface area contributed by atoms with Crippen molar-refractivity contribution in [1.29, 1.82) is 0 Å². The molecule has 1 aliphatic rings. The molecule has 0 aromatic heterocycles. The Balaban J connectivity index is -0.0000000667. The van der Waals surface area contributed by atoms with Crippen molar-refractivity contribution in [2.24, 2.45) is 29.6 Å². The molecule has 15 heavy (non-hydrogen) atoms. The first-order valence-corrected chi connectivity index (χ1v) is 4.55. The molecule has 0 heterocycles. The zero-order valence-corrected chi connectivity index (χ0v) is 14.5. The van der Waals surface area contributed by atoms with Crippen LogP contribution in [0.2, 0.25) is 0 Å². The first kappa shape index (κ1) is 29.6. The van der Waals surface area contributed by atoms with Gasteiger partial charge in [0.05, 0.1) is 0 Å². The van der Waals surface area contributed by atoms with Gasteiger partial charge in [-0.15, -0.1) is 0 Å². The molecular formula is C14H32Pt. The van der Waals surface area contributed by atoms with Crippen LogP contribution in [0.25, 0.3) is 0 Å². The van der Waals surface area contributed by atoms with Crippen LogP contribution < -0.4 is 0 Å². The van der Waals surface area contributed by atoms with Crippen molar-refractivity contribution in [2.45, 2.75) is 34.6 Å². The molecule has 1 fully saturated rings. The summed E-state index contributed by atoms with van der Waals surface area (Å²) in [4.78, 5) is 0. The second-order valence-electron chi connectivity index (χ2n) is 4.30. The van der Waals surface area contributed by atoms with Gasteiger partial charge in [-0.1, -0.05) is 34.6 Å². The molecule has 0 N–H and O–H groups in total. The number of rotatable bonds is 0. The summed E-state index contributed by atoms with van der Waals surface area (Å²) in [6.07, 6.45) is 0. The molecule has 0 aromatic carbocycles. The molecule has 0 aliphatic heterocycles. The molecule has 1 saturated carbocycles. The van der Waals surface area contributed by atoms with Crippen molar-refractivity contribution < 1.29 is 21.1 Å². The molecule has 0 unspecified atom stereocenters. The Kier molecular flexibility index (Phi) is 22.1. The van der Waals surface area contributed by atoms with Gasteiger partial charge in [0, 0.05) is 0 Å². The zero-order valence-electron chi connectivity index (χ0n) is 12.2. The van der Waals surface area contributed by atoms with Crippen LogP contribution in [0, 0.1) is 59.3 Å². The number of hydrogen-bond acceptors (Lipinski definition) is 0. The van der Waals surface area contributed by atoms with E-state index in [0.29, 0.717) is 0 Å². The first-order chi connectivity index (χ1) is 4.55. The van der Waals surface area contributed by atoms with Crippen molar-refractivity contribution in [3.05, 3.63) is 29.7 Å². The molecule has 1 heteroatoms. The normalized spacial score (nSPS) is 37.0. The van der Waals surface area contributed by atoms with Gasteiger partial charge in [0.25, 0.3) is 0 Å². The second kappa shape index (κ2) is 11.2. The maximum absolute atomic E-state index is 2.40. The Hall–Kier alpha value is 0.688. The molecule has 0 saturated heterocycles. The Morgan fingerprint density at radius 2 is 0.467 bits per heavy atom. The van der Waals surface area contributed by atoms with Gasteiger partial charge in [0.15, 0.2) is 0 Å². The van der Waals surface area contributed by atoms with E-state index in [0.717, 1.165) is 29.6 Å². The van der Waals surface area contributed by atoms with Gasteiger partial charge in [0.1, 0.15) is 0 Å². The molecule has 0 amide bonds. The Labute approximate surface area is 115 Å². The third-order valence-electron chi connectivity index (χ3n) is 4.15. The molecule has 0 aromatic rings. The molecule has 1 aliphatic carbocycles. The van der Waals surface area contributed by atoms with Gasteiger partial charge in [-0.3, -0.25) is 0 Å². The molecular weight excluding hydrogens is 363 g/mol. The van der Waals surface area contributed by atoms with Crippen molar-refractivity contribution in [2.75, 3.05) is 0 Å². The fourth-order valence-electron chi connectivity index (χ4n) is 2.39. The summed E-state index contributed by atoms with van der Waals surface area (Å²) in [5, 5.41) is 0. The van der Waals surface area contributed by atoms with E-state index in [-0.39, 0.29) is 50.8 Å². The fraction of sp³-hybridized carbons (Fsp3) is 0.714. The van der Waals surface area contributed by atoms with Crippen LogP contribution in [0.3, 0.4) is 0 Å². The summed E-state index contributed by atoms with van der Waals surface area (Å²) >= 11 is 0. The summed E-state index contributed by atoms with van der Waals surface area (Å²) in [6, 6.07) is 0. The average Bonchev–Trinajstić information content (AvgIpc) is 2.07. The zero-order chi connectivity index (χ0) is 7.89. The Morgan fingerprint density at radius 3 is 0.533 bits per heavy atom. The minimum Gasteiger partial charge on any atom is -0.358 e. The minimum atomic E-state index is 0. The summed E-state index contributed by atoms with van der Waals surface area (Å²) < 4.78 is 0. The summed E-state index contributed by atoms with van der Waals surface area (Å²) in [5.41, 5.74) is 0. The Morgan fingerprint density at radius 1 is 0.400 bits per heavy atom. The second-order valence-corrected chi connectivity index (χ2v) is 4.30. The quantitative estimate of drug-likeness (QED) is 0.508. The van der Waals surface area contributed by atoms with Gasteiger partial charge >= 0.3 is 21.1 Å². The average molecular weight is 395 g/mol. The van der Waals surface area contributed by atoms with Crippen LogP contribution in [0.5, 0.6) is 0 Å². The molecule has 0 spiro atoms. The van der Waals surface area contributed by atoms with Gasteiger partial charge in [0.2, 0.25) is 0 Å². The first-order valence-electron chi connectivity index (χ1n) is 4.55. The third-order valence-corrected chi connectivity index (χ3v) is 4.15. The van der Waals surface area contributed by atoms with E-state index in [9.17, 15) is 0 Å². The summed E-state index contributed by atoms with van der Waals surface area (Å²) in [7, 11) is 0. The van der Waals surface area contributed by atoms with E-state index >= 15 is 0 Å². The summed E-state index contributed by atoms with van der Waals surface area (Å²) in [6.45, 7) is 12.0. The number of hydrogen-bond donors (Lipinski definition) is 0. The van der Waals surface area contributed by atoms with Crippen LogP contribution in [-0.4, -0.2) is 0 Å². The maximum Gasteiger partial charge on any atom is 4.00 e. The van der Waals surface area contributed by atoms with Crippen LogP contribution in [-0.2, 0) is 21.1 Å². The van der Waals surface area contributed by atoms with Gasteiger partial charge in [-0.25, -0.2) is 0 Å². The van der Waals surface area contributed by atoms with Crippen molar-refractivity contribution in [3.63, 3.8) is 0 Å². The van der Waals surface area contributed by atoms with Crippen molar-refractivity contribution in [3.8, 4) is 0 Å². The van der Waals surface area contributed by atoms with E-state index in [1.165, 1.54) is 0 Å². The molecule has 98 valence electrons. The van der Waals surface area contributed by atoms with Crippen LogP contribution in [0.15, 0.2) is 0 Å². The van der Waals surface area contributed by atoms with E-state index in [4.69, 9.17) is 0 Å². The molecule has 0 nitrogen and oxygen atoms in total. The molecule has 1 rings (SSSR count). The minimum absolute atomic E-state index is 0. The topological polar surface area (TPSA) is 0 Å². The predicted molar refractivity (Wildman–Crippen MR) is 71.5 cm³/mol. The summed E-state index contributed by atoms with van der Waals surface area (Å²) in [5.74, 6) is 4.68. The Bertz CT molecular complexity index is 77.7. The predicted octanol–water partition coefficient (Wildman–Crippen LogP) is 4.98. The molecule has 0 radical (unpaired) electrons. The van der Waals surface area contributed by atoms with E-state index in [1.807, 2.05) is 0 Å². The van der Waals surface area contributed by atoms with Crippen LogP contribution in [0.4, 0.5) is 0 Å². The van der Waals surface area contributed by atoms with Crippen molar-refractivity contribution >= 4 is 0 Å². The maximum atomic E-state index is 2.40. The van der Waals surface area contributed by atoms with E-state index < -0.39 is 0 Å². The van der Waals surface area contributed by atoms with E-state index in [1.54, 1.807) is 0 Å². The molecule has 0 bridgehead atoms. The fourth-order valence-corrected chi connectivity index (χ4v) is 2.39. The molecule has 0 atom stereocenters. The van der Waals surface area contributed by atoms with Crippen molar-refractivity contribution in [1.82, 2.24) is 0 Å². The van der Waals surface area contributed by atoms with Crippen LogP contribution in [0.1, 0.15) is 34.6 Å². The van der Waals surface area contributed by atoms with Gasteiger partial charge < -0.3 is 29.7 Å².